The molecule has 2 aliphatic heterocycles. The van der Waals surface area contributed by atoms with Crippen molar-refractivity contribution >= 4 is 11.6 Å². The Morgan fingerprint density at radius 1 is 1.33 bits per heavy atom. The summed E-state index contributed by atoms with van der Waals surface area (Å²) >= 11 is 0. The van der Waals surface area contributed by atoms with Crippen LogP contribution < -0.4 is 9.64 Å². The Balaban J connectivity index is 1.63. The highest BCUT2D eigenvalue weighted by Crippen LogP contribution is 2.38. The van der Waals surface area contributed by atoms with E-state index in [1.165, 1.54) is 0 Å². The van der Waals surface area contributed by atoms with E-state index in [4.69, 9.17) is 4.74 Å². The van der Waals surface area contributed by atoms with Gasteiger partial charge in [0.15, 0.2) is 0 Å². The van der Waals surface area contributed by atoms with Crippen molar-refractivity contribution in [3.8, 4) is 5.75 Å². The largest absolute Gasteiger partial charge is 0.484 e. The number of anilines is 1. The lowest BCUT2D eigenvalue weighted by Crippen LogP contribution is -2.51. The molecule has 0 spiro atoms. The van der Waals surface area contributed by atoms with Crippen molar-refractivity contribution in [3.05, 3.63) is 35.9 Å². The average molecular weight is 326 g/mol. The van der Waals surface area contributed by atoms with Crippen molar-refractivity contribution in [2.75, 3.05) is 11.4 Å². The average Bonchev–Trinajstić information content (AvgIpc) is 2.91. The molecule has 126 valence electrons. The minimum Gasteiger partial charge on any atom is -0.484 e. The second-order valence-corrected chi connectivity index (χ2v) is 7.25. The highest BCUT2D eigenvalue weighted by molar-refractivity contribution is 5.97. The molecule has 0 N–H and O–H groups in total. The fourth-order valence-corrected chi connectivity index (χ4v) is 3.61. The number of benzene rings is 1. The van der Waals surface area contributed by atoms with Gasteiger partial charge in [-0.15, -0.1) is 0 Å². The third-order valence-electron chi connectivity index (χ3n) is 4.66. The van der Waals surface area contributed by atoms with Crippen molar-refractivity contribution in [2.24, 2.45) is 5.92 Å². The molecule has 0 radical (unpaired) electrons. The predicted octanol–water partition coefficient (Wildman–Crippen LogP) is 2.35. The number of ether oxygens (including phenoxy) is 1. The van der Waals surface area contributed by atoms with Crippen LogP contribution in [-0.2, 0) is 17.8 Å². The number of aryl methyl sites for hydroxylation is 2. The molecule has 6 heteroatoms. The first-order chi connectivity index (χ1) is 11.4. The molecular formula is C18H22N4O2. The summed E-state index contributed by atoms with van der Waals surface area (Å²) in [5.41, 5.74) is 0.468. The van der Waals surface area contributed by atoms with Crippen LogP contribution in [0.5, 0.6) is 5.75 Å². The van der Waals surface area contributed by atoms with Crippen molar-refractivity contribution in [3.63, 3.8) is 0 Å². The number of carbonyl (C=O) groups excluding carboxylic acids is 1. The summed E-state index contributed by atoms with van der Waals surface area (Å²) in [6.45, 7) is 7.09. The maximum absolute atomic E-state index is 13.2. The summed E-state index contributed by atoms with van der Waals surface area (Å²) in [4.78, 5) is 19.5. The summed E-state index contributed by atoms with van der Waals surface area (Å²) in [6.07, 6.45) is 1.61. The van der Waals surface area contributed by atoms with Gasteiger partial charge in [0, 0.05) is 6.42 Å². The number of hydrogen-bond donors (Lipinski definition) is 0. The highest BCUT2D eigenvalue weighted by atomic mass is 16.5. The van der Waals surface area contributed by atoms with Gasteiger partial charge in [-0.2, -0.15) is 5.10 Å². The lowest BCUT2D eigenvalue weighted by molar-refractivity contribution is -0.124. The maximum atomic E-state index is 13.2. The summed E-state index contributed by atoms with van der Waals surface area (Å²) in [7, 11) is 0. The van der Waals surface area contributed by atoms with Gasteiger partial charge in [0.2, 0.25) is 5.91 Å². The molecular weight excluding hydrogens is 304 g/mol. The molecule has 1 aromatic heterocycles. The summed E-state index contributed by atoms with van der Waals surface area (Å²) in [6, 6.07) is 7.77. The van der Waals surface area contributed by atoms with Crippen LogP contribution in [-0.4, -0.2) is 32.8 Å². The van der Waals surface area contributed by atoms with Gasteiger partial charge in [0.25, 0.3) is 0 Å². The molecule has 0 aliphatic carbocycles. The molecule has 2 aromatic rings. The van der Waals surface area contributed by atoms with Gasteiger partial charge in [0.05, 0.1) is 24.7 Å². The number of para-hydroxylation sites is 2. The van der Waals surface area contributed by atoms with Crippen LogP contribution in [0.1, 0.15) is 31.9 Å². The molecule has 0 bridgehead atoms. The lowest BCUT2D eigenvalue weighted by Gasteiger charge is -2.41. The van der Waals surface area contributed by atoms with Gasteiger partial charge in [-0.1, -0.05) is 12.1 Å². The number of carbonyl (C=O) groups is 1. The lowest BCUT2D eigenvalue weighted by atomic mass is 9.96. The third kappa shape index (κ3) is 2.56. The topological polar surface area (TPSA) is 60.2 Å². The Hall–Kier alpha value is -2.37. The Labute approximate surface area is 141 Å². The van der Waals surface area contributed by atoms with E-state index >= 15 is 0 Å². The zero-order valence-electron chi connectivity index (χ0n) is 14.3. The van der Waals surface area contributed by atoms with E-state index < -0.39 is 5.60 Å². The zero-order valence-corrected chi connectivity index (χ0v) is 14.3. The van der Waals surface area contributed by atoms with Crippen LogP contribution in [0, 0.1) is 12.8 Å². The van der Waals surface area contributed by atoms with E-state index in [-0.39, 0.29) is 11.8 Å². The maximum Gasteiger partial charge on any atom is 0.232 e. The normalized spacial score (nSPS) is 21.6. The zero-order chi connectivity index (χ0) is 16.9. The van der Waals surface area contributed by atoms with Gasteiger partial charge in [-0.25, -0.2) is 9.67 Å². The fraction of sp³-hybridized carbons (Fsp3) is 0.500. The van der Waals surface area contributed by atoms with E-state index in [1.54, 1.807) is 0 Å². The van der Waals surface area contributed by atoms with Crippen molar-refractivity contribution in [1.29, 1.82) is 0 Å². The monoisotopic (exact) mass is 326 g/mol. The van der Waals surface area contributed by atoms with Crippen LogP contribution in [0.15, 0.2) is 24.3 Å². The van der Waals surface area contributed by atoms with Crippen LogP contribution >= 0.6 is 0 Å². The molecule has 24 heavy (non-hydrogen) atoms. The smallest absolute Gasteiger partial charge is 0.232 e. The highest BCUT2D eigenvalue weighted by Gasteiger charge is 2.38. The number of nitrogens with zero attached hydrogens (tertiary/aromatic N) is 4. The van der Waals surface area contributed by atoms with Crippen molar-refractivity contribution in [1.82, 2.24) is 14.8 Å². The number of hydrogen-bond acceptors (Lipinski definition) is 4. The molecule has 3 heterocycles. The van der Waals surface area contributed by atoms with Crippen LogP contribution in [0.25, 0.3) is 0 Å². The first-order valence-electron chi connectivity index (χ1n) is 8.43. The summed E-state index contributed by atoms with van der Waals surface area (Å²) < 4.78 is 7.91. The Bertz CT molecular complexity index is 796. The van der Waals surface area contributed by atoms with Crippen LogP contribution in [0.4, 0.5) is 5.69 Å². The molecule has 0 saturated heterocycles. The molecule has 2 aliphatic rings. The minimum atomic E-state index is -0.395. The SMILES string of the molecule is Cc1nc2n(n1)CC(C(=O)N1CC(C)(C)Oc3ccccc31)CC2. The molecule has 1 aromatic carbocycles. The molecule has 0 fully saturated rings. The molecule has 1 atom stereocenters. The van der Waals surface area contributed by atoms with Gasteiger partial charge < -0.3 is 9.64 Å². The second-order valence-electron chi connectivity index (χ2n) is 7.25. The first-order valence-corrected chi connectivity index (χ1v) is 8.43. The molecule has 1 unspecified atom stereocenters. The molecule has 4 rings (SSSR count). The van der Waals surface area contributed by atoms with E-state index in [1.807, 2.05) is 54.6 Å². The van der Waals surface area contributed by atoms with Crippen LogP contribution in [0.2, 0.25) is 0 Å². The Kier molecular flexibility index (Phi) is 3.37. The Morgan fingerprint density at radius 3 is 2.96 bits per heavy atom. The van der Waals surface area contributed by atoms with Crippen molar-refractivity contribution < 1.29 is 9.53 Å². The quantitative estimate of drug-likeness (QED) is 0.807. The summed E-state index contributed by atoms with van der Waals surface area (Å²) in [5.74, 6) is 2.61. The van der Waals surface area contributed by atoms with Crippen LogP contribution in [0.3, 0.4) is 0 Å². The number of fused-ring (bicyclic) bond motifs is 2. The predicted molar refractivity (Wildman–Crippen MR) is 90.1 cm³/mol. The number of rotatable bonds is 1. The summed E-state index contributed by atoms with van der Waals surface area (Å²) in [5, 5.41) is 4.41. The van der Waals surface area contributed by atoms with E-state index in [9.17, 15) is 4.79 Å². The fourth-order valence-electron chi connectivity index (χ4n) is 3.61. The van der Waals surface area contributed by atoms with Gasteiger partial charge >= 0.3 is 0 Å². The standard InChI is InChI=1S/C18H22N4O2/c1-12-19-16-9-8-13(10-22(16)20-12)17(23)21-11-18(2,3)24-15-7-5-4-6-14(15)21/h4-7,13H,8-11H2,1-3H3. The van der Waals surface area contributed by atoms with E-state index in [2.05, 4.69) is 10.1 Å². The Morgan fingerprint density at radius 2 is 2.12 bits per heavy atom. The van der Waals surface area contributed by atoms with Gasteiger partial charge in [-0.3, -0.25) is 4.79 Å². The van der Waals surface area contributed by atoms with Gasteiger partial charge in [0.1, 0.15) is 23.0 Å². The van der Waals surface area contributed by atoms with E-state index in [0.717, 1.165) is 35.9 Å². The van der Waals surface area contributed by atoms with Crippen molar-refractivity contribution in [2.45, 2.75) is 45.8 Å². The first kappa shape index (κ1) is 15.2. The molecule has 0 saturated carbocycles. The van der Waals surface area contributed by atoms with Gasteiger partial charge in [-0.05, 0) is 39.3 Å². The minimum absolute atomic E-state index is 0.0689. The second kappa shape index (κ2) is 5.33. The number of aromatic nitrogens is 3. The number of amides is 1. The molecule has 1 amide bonds. The third-order valence-corrected chi connectivity index (χ3v) is 4.66. The van der Waals surface area contributed by atoms with E-state index in [0.29, 0.717) is 13.1 Å². The molecule has 6 nitrogen and oxygen atoms in total.